The van der Waals surface area contributed by atoms with Gasteiger partial charge < -0.3 is 9.94 Å². The first kappa shape index (κ1) is 8.35. The quantitative estimate of drug-likeness (QED) is 0.317. The maximum atomic E-state index is 10.2. The van der Waals surface area contributed by atoms with E-state index in [9.17, 15) is 4.79 Å². The summed E-state index contributed by atoms with van der Waals surface area (Å²) in [5.41, 5.74) is 0. The summed E-state index contributed by atoms with van der Waals surface area (Å²) in [5.74, 6) is 3.89. The Morgan fingerprint density at radius 2 is 2.56 bits per heavy atom. The number of nitrogens with two attached hydrogens (primary N) is 1. The maximum Gasteiger partial charge on any atom is 0.338 e. The van der Waals surface area contributed by atoms with Gasteiger partial charge in [-0.3, -0.25) is 5.32 Å². The third-order valence-corrected chi connectivity index (χ3v) is 0.673. The summed E-state index contributed by atoms with van der Waals surface area (Å²) in [6.45, 7) is 1.41. The van der Waals surface area contributed by atoms with Crippen LogP contribution in [0.2, 0.25) is 0 Å². The molecule has 9 heavy (non-hydrogen) atoms. The number of hydrogen-bond acceptors (Lipinski definition) is 5. The Morgan fingerprint density at radius 1 is 2.00 bits per heavy atom. The van der Waals surface area contributed by atoms with Crippen LogP contribution < -0.4 is 11.2 Å². The Labute approximate surface area is 52.7 Å². The molecule has 1 unspecified atom stereocenters. The SMILES string of the molecule is CC(O)NCC(=O)ON. The lowest BCUT2D eigenvalue weighted by Gasteiger charge is -2.03. The molecule has 0 radical (unpaired) electrons. The lowest BCUT2D eigenvalue weighted by atomic mass is 10.6. The highest BCUT2D eigenvalue weighted by molar-refractivity contribution is 5.71. The zero-order valence-corrected chi connectivity index (χ0v) is 5.13. The van der Waals surface area contributed by atoms with Gasteiger partial charge in [0.2, 0.25) is 0 Å². The lowest BCUT2D eigenvalue weighted by molar-refractivity contribution is -0.143. The predicted molar refractivity (Wildman–Crippen MR) is 30.0 cm³/mol. The number of rotatable bonds is 3. The molecule has 0 saturated heterocycles. The summed E-state index contributed by atoms with van der Waals surface area (Å²) in [7, 11) is 0. The van der Waals surface area contributed by atoms with Gasteiger partial charge in [0.25, 0.3) is 0 Å². The molecule has 4 N–H and O–H groups in total. The molecule has 54 valence electrons. The monoisotopic (exact) mass is 134 g/mol. The van der Waals surface area contributed by atoms with Crippen molar-refractivity contribution >= 4 is 5.97 Å². The highest BCUT2D eigenvalue weighted by Gasteiger charge is 2.00. The van der Waals surface area contributed by atoms with Gasteiger partial charge in [-0.05, 0) is 6.92 Å². The minimum absolute atomic E-state index is 0.0752. The van der Waals surface area contributed by atoms with Crippen molar-refractivity contribution in [2.45, 2.75) is 13.2 Å². The van der Waals surface area contributed by atoms with Crippen molar-refractivity contribution in [2.24, 2.45) is 5.90 Å². The molecular formula is C4H10N2O3. The van der Waals surface area contributed by atoms with Gasteiger partial charge in [0.1, 0.15) is 6.23 Å². The molecule has 0 aromatic rings. The first-order valence-corrected chi connectivity index (χ1v) is 2.48. The van der Waals surface area contributed by atoms with Gasteiger partial charge in [0.05, 0.1) is 6.54 Å². The van der Waals surface area contributed by atoms with Crippen molar-refractivity contribution in [3.8, 4) is 0 Å². The third kappa shape index (κ3) is 5.22. The Hall–Kier alpha value is -0.650. The molecule has 0 spiro atoms. The van der Waals surface area contributed by atoms with Crippen LogP contribution in [0.4, 0.5) is 0 Å². The zero-order chi connectivity index (χ0) is 7.28. The summed E-state index contributed by atoms with van der Waals surface area (Å²) >= 11 is 0. The Bertz CT molecular complexity index is 93.8. The fourth-order valence-corrected chi connectivity index (χ4v) is 0.273. The standard InChI is InChI=1S/C4H10N2O3/c1-3(7)6-2-4(8)9-5/h3,6-7H,2,5H2,1H3. The van der Waals surface area contributed by atoms with Crippen molar-refractivity contribution in [1.29, 1.82) is 0 Å². The highest BCUT2D eigenvalue weighted by atomic mass is 16.7. The van der Waals surface area contributed by atoms with Crippen LogP contribution in [0, 0.1) is 0 Å². The van der Waals surface area contributed by atoms with Gasteiger partial charge in [-0.2, -0.15) is 5.90 Å². The first-order chi connectivity index (χ1) is 4.16. The summed E-state index contributed by atoms with van der Waals surface area (Å²) in [5, 5.41) is 10.9. The Kier molecular flexibility index (Phi) is 3.94. The average molecular weight is 134 g/mol. The molecule has 0 heterocycles. The largest absolute Gasteiger partial charge is 0.379 e. The number of hydrogen-bond donors (Lipinski definition) is 3. The van der Waals surface area contributed by atoms with Gasteiger partial charge in [-0.1, -0.05) is 0 Å². The maximum absolute atomic E-state index is 10.2. The molecule has 0 aromatic heterocycles. The molecule has 0 aliphatic heterocycles. The predicted octanol–water partition coefficient (Wildman–Crippen LogP) is -1.67. The van der Waals surface area contributed by atoms with Crippen LogP contribution >= 0.6 is 0 Å². The normalized spacial score (nSPS) is 12.8. The number of carbonyl (C=O) groups excluding carboxylic acids is 1. The molecule has 0 aliphatic rings. The lowest BCUT2D eigenvalue weighted by Crippen LogP contribution is -2.32. The summed E-state index contributed by atoms with van der Waals surface area (Å²) in [6.07, 6.45) is -0.718. The van der Waals surface area contributed by atoms with Crippen LogP contribution in [0.3, 0.4) is 0 Å². The van der Waals surface area contributed by atoms with Crippen LogP contribution in [0.25, 0.3) is 0 Å². The second-order valence-corrected chi connectivity index (χ2v) is 1.55. The van der Waals surface area contributed by atoms with Gasteiger partial charge in [-0.25, -0.2) is 4.79 Å². The van der Waals surface area contributed by atoms with Crippen molar-refractivity contribution in [1.82, 2.24) is 5.32 Å². The number of nitrogens with one attached hydrogen (secondary N) is 1. The van der Waals surface area contributed by atoms with E-state index in [1.54, 1.807) is 0 Å². The zero-order valence-electron chi connectivity index (χ0n) is 5.13. The Morgan fingerprint density at radius 3 is 2.89 bits per heavy atom. The molecule has 1 atom stereocenters. The summed E-state index contributed by atoms with van der Waals surface area (Å²) in [4.78, 5) is 14.0. The number of aliphatic hydroxyl groups is 1. The smallest absolute Gasteiger partial charge is 0.338 e. The third-order valence-electron chi connectivity index (χ3n) is 0.673. The topological polar surface area (TPSA) is 84.6 Å². The van der Waals surface area contributed by atoms with Gasteiger partial charge in [0.15, 0.2) is 0 Å². The van der Waals surface area contributed by atoms with E-state index in [0.29, 0.717) is 0 Å². The number of aliphatic hydroxyl groups excluding tert-OH is 1. The van der Waals surface area contributed by atoms with Crippen LogP contribution in [0.1, 0.15) is 6.92 Å². The molecule has 5 heteroatoms. The van der Waals surface area contributed by atoms with Gasteiger partial charge in [-0.15, -0.1) is 0 Å². The highest BCUT2D eigenvalue weighted by Crippen LogP contribution is 1.71. The molecule has 0 aliphatic carbocycles. The van der Waals surface area contributed by atoms with E-state index in [4.69, 9.17) is 5.11 Å². The minimum Gasteiger partial charge on any atom is -0.379 e. The molecule has 0 bridgehead atoms. The number of carbonyl (C=O) groups is 1. The second-order valence-electron chi connectivity index (χ2n) is 1.55. The van der Waals surface area contributed by atoms with Crippen molar-refractivity contribution in [2.75, 3.05) is 6.54 Å². The fourth-order valence-electron chi connectivity index (χ4n) is 0.273. The molecule has 0 aromatic carbocycles. The van der Waals surface area contributed by atoms with Gasteiger partial charge in [0, 0.05) is 0 Å². The molecule has 0 amide bonds. The fraction of sp³-hybridized carbons (Fsp3) is 0.750. The molecular weight excluding hydrogens is 124 g/mol. The van der Waals surface area contributed by atoms with E-state index in [0.717, 1.165) is 0 Å². The molecule has 0 saturated carbocycles. The summed E-state index contributed by atoms with van der Waals surface area (Å²) < 4.78 is 0. The van der Waals surface area contributed by atoms with E-state index in [2.05, 4.69) is 16.1 Å². The van der Waals surface area contributed by atoms with E-state index in [1.807, 2.05) is 0 Å². The van der Waals surface area contributed by atoms with Crippen LogP contribution in [0.5, 0.6) is 0 Å². The molecule has 5 nitrogen and oxygen atoms in total. The van der Waals surface area contributed by atoms with Crippen LogP contribution in [-0.4, -0.2) is 23.8 Å². The van der Waals surface area contributed by atoms with Gasteiger partial charge >= 0.3 is 5.97 Å². The van der Waals surface area contributed by atoms with Crippen molar-refractivity contribution in [3.63, 3.8) is 0 Å². The van der Waals surface area contributed by atoms with E-state index in [-0.39, 0.29) is 6.54 Å². The second kappa shape index (κ2) is 4.25. The molecule has 0 rings (SSSR count). The average Bonchev–Trinajstić information content (AvgIpc) is 1.83. The van der Waals surface area contributed by atoms with Crippen LogP contribution in [0.15, 0.2) is 0 Å². The first-order valence-electron chi connectivity index (χ1n) is 2.48. The van der Waals surface area contributed by atoms with E-state index in [1.165, 1.54) is 6.92 Å². The summed E-state index contributed by atoms with van der Waals surface area (Å²) in [6, 6.07) is 0. The molecule has 0 fully saturated rings. The van der Waals surface area contributed by atoms with Crippen molar-refractivity contribution in [3.05, 3.63) is 0 Å². The van der Waals surface area contributed by atoms with Crippen molar-refractivity contribution < 1.29 is 14.7 Å². The Balaban J connectivity index is 3.17. The van der Waals surface area contributed by atoms with Crippen LogP contribution in [-0.2, 0) is 9.63 Å². The van der Waals surface area contributed by atoms with E-state index < -0.39 is 12.2 Å². The van der Waals surface area contributed by atoms with E-state index >= 15 is 0 Å². The minimum atomic E-state index is -0.718.